The van der Waals surface area contributed by atoms with Crippen molar-refractivity contribution in [3.8, 4) is 17.2 Å². The molecule has 124 valence electrons. The molecule has 0 spiro atoms. The van der Waals surface area contributed by atoms with Gasteiger partial charge in [0.2, 0.25) is 0 Å². The van der Waals surface area contributed by atoms with Crippen LogP contribution in [0.15, 0.2) is 24.3 Å². The molecule has 0 fully saturated rings. The highest BCUT2D eigenvalue weighted by molar-refractivity contribution is 5.79. The van der Waals surface area contributed by atoms with Crippen molar-refractivity contribution in [1.29, 1.82) is 5.26 Å². The summed E-state index contributed by atoms with van der Waals surface area (Å²) in [6.45, 7) is 0.845. The van der Waals surface area contributed by atoms with Crippen LogP contribution in [0.1, 0.15) is 28.8 Å². The van der Waals surface area contributed by atoms with Crippen LogP contribution in [0, 0.1) is 11.3 Å². The van der Waals surface area contributed by atoms with E-state index in [2.05, 4.69) is 28.1 Å². The molecule has 3 rings (SSSR count). The Bertz CT molecular complexity index is 804. The van der Waals surface area contributed by atoms with Crippen LogP contribution in [0.25, 0.3) is 11.1 Å². The Morgan fingerprint density at radius 2 is 2.17 bits per heavy atom. The Hall–Kier alpha value is -2.42. The number of aromatic nitrogens is 1. The van der Waals surface area contributed by atoms with E-state index in [4.69, 9.17) is 11.5 Å². The Kier molecular flexibility index (Phi) is 4.52. The number of rotatable bonds is 3. The number of hydrogen-bond donors (Lipinski definition) is 2. The first kappa shape index (κ1) is 16.4. The molecule has 1 aliphatic rings. The summed E-state index contributed by atoms with van der Waals surface area (Å²) in [6.07, 6.45) is 2.47. The Balaban J connectivity index is 2.20. The van der Waals surface area contributed by atoms with Gasteiger partial charge in [-0.25, -0.2) is 4.98 Å². The van der Waals surface area contributed by atoms with Crippen LogP contribution < -0.4 is 11.5 Å². The predicted octanol–water partition coefficient (Wildman–Crippen LogP) is 2.08. The molecule has 1 heterocycles. The number of pyridine rings is 1. The SMILES string of the molecule is CN(C)Cc1cccc(-c2c(C#N)c(N)nc3c2C[C@H](N)CC3)c1. The highest BCUT2D eigenvalue weighted by atomic mass is 15.0. The number of nitrogen functional groups attached to an aromatic ring is 1. The minimum Gasteiger partial charge on any atom is -0.383 e. The van der Waals surface area contributed by atoms with Gasteiger partial charge in [-0.3, -0.25) is 0 Å². The van der Waals surface area contributed by atoms with E-state index in [1.807, 2.05) is 26.2 Å². The molecule has 4 N–H and O–H groups in total. The second-order valence-corrected chi connectivity index (χ2v) is 6.73. The molecular formula is C19H23N5. The van der Waals surface area contributed by atoms with Crippen LogP contribution in [0.4, 0.5) is 5.82 Å². The third-order valence-electron chi connectivity index (χ3n) is 4.46. The van der Waals surface area contributed by atoms with E-state index in [9.17, 15) is 5.26 Å². The van der Waals surface area contributed by atoms with Crippen molar-refractivity contribution in [3.05, 3.63) is 46.6 Å². The normalized spacial score (nSPS) is 16.7. The summed E-state index contributed by atoms with van der Waals surface area (Å²) >= 11 is 0. The van der Waals surface area contributed by atoms with E-state index in [1.54, 1.807) is 0 Å². The van der Waals surface area contributed by atoms with Gasteiger partial charge < -0.3 is 16.4 Å². The van der Waals surface area contributed by atoms with Gasteiger partial charge in [0, 0.05) is 23.8 Å². The molecule has 0 aliphatic heterocycles. The first-order valence-corrected chi connectivity index (χ1v) is 8.20. The second kappa shape index (κ2) is 6.60. The maximum absolute atomic E-state index is 9.63. The van der Waals surface area contributed by atoms with E-state index < -0.39 is 0 Å². The largest absolute Gasteiger partial charge is 0.383 e. The second-order valence-electron chi connectivity index (χ2n) is 6.73. The van der Waals surface area contributed by atoms with Gasteiger partial charge in [0.05, 0.1) is 0 Å². The van der Waals surface area contributed by atoms with Gasteiger partial charge in [-0.1, -0.05) is 18.2 Å². The van der Waals surface area contributed by atoms with Crippen LogP contribution in [-0.4, -0.2) is 30.0 Å². The lowest BCUT2D eigenvalue weighted by atomic mass is 9.84. The molecule has 1 aromatic heterocycles. The number of nitrogens with two attached hydrogens (primary N) is 2. The number of anilines is 1. The fraction of sp³-hybridized carbons (Fsp3) is 0.368. The summed E-state index contributed by atoms with van der Waals surface area (Å²) in [5, 5.41) is 9.63. The number of nitrogens with zero attached hydrogens (tertiary/aromatic N) is 3. The van der Waals surface area contributed by atoms with Crippen molar-refractivity contribution < 1.29 is 0 Å². The topological polar surface area (TPSA) is 92.0 Å². The summed E-state index contributed by atoms with van der Waals surface area (Å²) in [7, 11) is 4.08. The maximum Gasteiger partial charge on any atom is 0.142 e. The zero-order chi connectivity index (χ0) is 17.3. The maximum atomic E-state index is 9.63. The molecular weight excluding hydrogens is 298 g/mol. The zero-order valence-corrected chi connectivity index (χ0v) is 14.2. The first-order valence-electron chi connectivity index (χ1n) is 8.20. The number of nitriles is 1. The molecule has 24 heavy (non-hydrogen) atoms. The summed E-state index contributed by atoms with van der Waals surface area (Å²) < 4.78 is 0. The van der Waals surface area contributed by atoms with Crippen LogP contribution in [0.2, 0.25) is 0 Å². The fourth-order valence-corrected chi connectivity index (χ4v) is 3.43. The molecule has 2 aromatic rings. The molecule has 1 aliphatic carbocycles. The predicted molar refractivity (Wildman–Crippen MR) is 96.2 cm³/mol. The molecule has 5 nitrogen and oxygen atoms in total. The van der Waals surface area contributed by atoms with Gasteiger partial charge in [0.15, 0.2) is 0 Å². The Morgan fingerprint density at radius 3 is 2.88 bits per heavy atom. The van der Waals surface area contributed by atoms with Crippen molar-refractivity contribution in [2.24, 2.45) is 5.73 Å². The smallest absolute Gasteiger partial charge is 0.142 e. The molecule has 0 bridgehead atoms. The van der Waals surface area contributed by atoms with Crippen LogP contribution >= 0.6 is 0 Å². The Morgan fingerprint density at radius 1 is 1.38 bits per heavy atom. The highest BCUT2D eigenvalue weighted by Gasteiger charge is 2.25. The van der Waals surface area contributed by atoms with Crippen molar-refractivity contribution in [2.45, 2.75) is 31.8 Å². The number of benzene rings is 1. The lowest BCUT2D eigenvalue weighted by Crippen LogP contribution is -2.29. The molecule has 0 radical (unpaired) electrons. The fourth-order valence-electron chi connectivity index (χ4n) is 3.43. The lowest BCUT2D eigenvalue weighted by molar-refractivity contribution is 0.402. The van der Waals surface area contributed by atoms with Gasteiger partial charge in [0.1, 0.15) is 17.5 Å². The van der Waals surface area contributed by atoms with E-state index in [0.29, 0.717) is 11.4 Å². The summed E-state index contributed by atoms with van der Waals surface area (Å²) in [4.78, 5) is 6.59. The molecule has 5 heteroatoms. The molecule has 1 atom stereocenters. The van der Waals surface area contributed by atoms with Crippen molar-refractivity contribution >= 4 is 5.82 Å². The minimum absolute atomic E-state index is 0.109. The van der Waals surface area contributed by atoms with Crippen molar-refractivity contribution in [1.82, 2.24) is 9.88 Å². The third-order valence-corrected chi connectivity index (χ3v) is 4.46. The van der Waals surface area contributed by atoms with Crippen LogP contribution in [0.5, 0.6) is 0 Å². The quantitative estimate of drug-likeness (QED) is 0.903. The van der Waals surface area contributed by atoms with Gasteiger partial charge in [0.25, 0.3) is 0 Å². The lowest BCUT2D eigenvalue weighted by Gasteiger charge is -2.25. The van der Waals surface area contributed by atoms with Crippen LogP contribution in [0.3, 0.4) is 0 Å². The minimum atomic E-state index is 0.109. The van der Waals surface area contributed by atoms with Gasteiger partial charge in [-0.15, -0.1) is 0 Å². The van der Waals surface area contributed by atoms with E-state index >= 15 is 0 Å². The molecule has 1 aromatic carbocycles. The van der Waals surface area contributed by atoms with E-state index in [0.717, 1.165) is 48.2 Å². The number of fused-ring (bicyclic) bond motifs is 1. The standard InChI is InChI=1S/C19H23N5/c1-24(2)11-12-4-3-5-13(8-12)18-15-9-14(21)6-7-17(15)23-19(22)16(18)10-20/h3-5,8,14H,6-7,9,11,21H2,1-2H3,(H2,22,23)/t14-/m1/s1. The van der Waals surface area contributed by atoms with E-state index in [-0.39, 0.29) is 6.04 Å². The monoisotopic (exact) mass is 321 g/mol. The molecule has 0 amide bonds. The Labute approximate surface area is 142 Å². The van der Waals surface area contributed by atoms with Crippen molar-refractivity contribution in [2.75, 3.05) is 19.8 Å². The van der Waals surface area contributed by atoms with Gasteiger partial charge in [-0.05, 0) is 56.1 Å². The first-order chi connectivity index (χ1) is 11.5. The number of aryl methyl sites for hydroxylation is 1. The molecule has 0 unspecified atom stereocenters. The zero-order valence-electron chi connectivity index (χ0n) is 14.2. The summed E-state index contributed by atoms with van der Waals surface area (Å²) in [5.74, 6) is 0.319. The third kappa shape index (κ3) is 3.12. The molecule has 0 saturated carbocycles. The van der Waals surface area contributed by atoms with Crippen LogP contribution in [-0.2, 0) is 19.4 Å². The summed E-state index contributed by atoms with van der Waals surface area (Å²) in [6, 6.07) is 10.7. The highest BCUT2D eigenvalue weighted by Crippen LogP contribution is 2.36. The average molecular weight is 321 g/mol. The average Bonchev–Trinajstić information content (AvgIpc) is 2.53. The van der Waals surface area contributed by atoms with Crippen molar-refractivity contribution in [3.63, 3.8) is 0 Å². The number of hydrogen-bond acceptors (Lipinski definition) is 5. The summed E-state index contributed by atoms with van der Waals surface area (Å²) in [5.41, 5.74) is 17.9. The van der Waals surface area contributed by atoms with E-state index in [1.165, 1.54) is 5.56 Å². The molecule has 0 saturated heterocycles. The van der Waals surface area contributed by atoms with Gasteiger partial charge >= 0.3 is 0 Å². The van der Waals surface area contributed by atoms with Gasteiger partial charge in [-0.2, -0.15) is 5.26 Å².